The number of hydrogen-bond donors (Lipinski definition) is 3. The van der Waals surface area contributed by atoms with Crippen LogP contribution in [-0.4, -0.2) is 97.6 Å². The summed E-state index contributed by atoms with van der Waals surface area (Å²) in [6.45, 7) is 10.5. The number of carbonyl (C=O) groups is 2. The molecule has 2 fully saturated rings. The largest absolute Gasteiger partial charge is 0.437 e. The van der Waals surface area contributed by atoms with E-state index < -0.39 is 6.17 Å². The Kier molecular flexibility index (Phi) is 12.1. The van der Waals surface area contributed by atoms with Crippen molar-refractivity contribution in [3.8, 4) is 17.1 Å². The Morgan fingerprint density at radius 2 is 1.77 bits per heavy atom. The Balaban J connectivity index is 1.33. The van der Waals surface area contributed by atoms with E-state index in [0.717, 1.165) is 68.5 Å². The van der Waals surface area contributed by atoms with E-state index in [1.54, 1.807) is 26.2 Å². The second kappa shape index (κ2) is 16.3. The number of dihydropyridines is 1. The lowest BCUT2D eigenvalue weighted by Crippen LogP contribution is -2.55. The quantitative estimate of drug-likeness (QED) is 0.281. The van der Waals surface area contributed by atoms with E-state index in [2.05, 4.69) is 30.7 Å². The number of piperazine rings is 1. The van der Waals surface area contributed by atoms with Crippen LogP contribution in [-0.2, 0) is 11.3 Å². The first-order valence-corrected chi connectivity index (χ1v) is 17.0. The molecule has 2 aromatic rings. The summed E-state index contributed by atoms with van der Waals surface area (Å²) >= 11 is 12.7. The van der Waals surface area contributed by atoms with Crippen molar-refractivity contribution in [3.05, 3.63) is 68.8 Å². The summed E-state index contributed by atoms with van der Waals surface area (Å²) in [6, 6.07) is 7.21. The molecule has 5 rings (SSSR count). The Morgan fingerprint density at radius 1 is 1.06 bits per heavy atom. The molecule has 3 N–H and O–H groups in total. The molecule has 2 saturated heterocycles. The van der Waals surface area contributed by atoms with Crippen molar-refractivity contribution < 1.29 is 18.7 Å². The Morgan fingerprint density at radius 3 is 2.43 bits per heavy atom. The zero-order valence-electron chi connectivity index (χ0n) is 27.3. The fourth-order valence-electron chi connectivity index (χ4n) is 6.28. The van der Waals surface area contributed by atoms with Crippen molar-refractivity contribution in [2.75, 3.05) is 59.4 Å². The minimum Gasteiger partial charge on any atom is -0.437 e. The molecule has 4 heterocycles. The molecular weight excluding hydrogens is 644 g/mol. The highest BCUT2D eigenvalue weighted by Gasteiger charge is 2.31. The Bertz CT molecular complexity index is 1480. The van der Waals surface area contributed by atoms with E-state index in [1.165, 1.54) is 0 Å². The van der Waals surface area contributed by atoms with Crippen LogP contribution < -0.4 is 20.7 Å². The second-order valence-electron chi connectivity index (χ2n) is 12.4. The molecule has 0 aliphatic carbocycles. The van der Waals surface area contributed by atoms with Crippen molar-refractivity contribution in [3.63, 3.8) is 0 Å². The topological polar surface area (TPSA) is 102 Å². The SMILES string of the molecule is CNC(=O)NCC1CCN(Cc2cc(-c3cc(Cl)cc(Cl)c3)nc(OC3=CNC(N4CCN(CCC=O)CC4)C(F)=C3C)c2C)CC1. The minimum atomic E-state index is -0.574. The monoisotopic (exact) mass is 687 g/mol. The van der Waals surface area contributed by atoms with Crippen LogP contribution in [0.25, 0.3) is 11.3 Å². The molecular formula is C34H44Cl2FN7O3. The van der Waals surface area contributed by atoms with Crippen LogP contribution in [0.1, 0.15) is 37.3 Å². The van der Waals surface area contributed by atoms with E-state index in [9.17, 15) is 9.59 Å². The molecule has 3 aliphatic rings. The highest BCUT2D eigenvalue weighted by molar-refractivity contribution is 6.35. The van der Waals surface area contributed by atoms with Crippen LogP contribution in [0.4, 0.5) is 9.18 Å². The predicted molar refractivity (Wildman–Crippen MR) is 183 cm³/mol. The van der Waals surface area contributed by atoms with Gasteiger partial charge in [-0.2, -0.15) is 0 Å². The van der Waals surface area contributed by atoms with Gasteiger partial charge in [-0.25, -0.2) is 14.2 Å². The lowest BCUT2D eigenvalue weighted by Gasteiger charge is -2.40. The van der Waals surface area contributed by atoms with E-state index in [0.29, 0.717) is 71.5 Å². The number of benzene rings is 1. The van der Waals surface area contributed by atoms with Crippen molar-refractivity contribution in [1.82, 2.24) is 35.6 Å². The number of rotatable bonds is 11. The number of halogens is 3. The molecule has 1 atom stereocenters. The van der Waals surface area contributed by atoms with Gasteiger partial charge in [0, 0.05) is 92.2 Å². The maximum Gasteiger partial charge on any atom is 0.314 e. The third kappa shape index (κ3) is 9.03. The van der Waals surface area contributed by atoms with E-state index in [1.807, 2.05) is 25.1 Å². The number of likely N-dealkylation sites (tertiary alicyclic amines) is 1. The van der Waals surface area contributed by atoms with Crippen LogP contribution in [0.15, 0.2) is 47.6 Å². The fraction of sp³-hybridized carbons (Fsp3) is 0.500. The van der Waals surface area contributed by atoms with Gasteiger partial charge >= 0.3 is 6.03 Å². The summed E-state index contributed by atoms with van der Waals surface area (Å²) in [4.78, 5) is 33.9. The first kappa shape index (κ1) is 35.1. The summed E-state index contributed by atoms with van der Waals surface area (Å²) in [6.07, 6.45) is 4.55. The zero-order valence-corrected chi connectivity index (χ0v) is 28.8. The first-order valence-electron chi connectivity index (χ1n) is 16.2. The number of nitrogens with zero attached hydrogens (tertiary/aromatic N) is 4. The van der Waals surface area contributed by atoms with Gasteiger partial charge in [0.15, 0.2) is 5.76 Å². The molecule has 10 nitrogen and oxygen atoms in total. The highest BCUT2D eigenvalue weighted by atomic mass is 35.5. The fourth-order valence-corrected chi connectivity index (χ4v) is 6.81. The Labute approximate surface area is 286 Å². The lowest BCUT2D eigenvalue weighted by atomic mass is 9.96. The molecule has 47 heavy (non-hydrogen) atoms. The third-order valence-corrected chi connectivity index (χ3v) is 9.69. The number of allylic oxidation sites excluding steroid dienone is 1. The van der Waals surface area contributed by atoms with Gasteiger partial charge in [0.25, 0.3) is 0 Å². The summed E-state index contributed by atoms with van der Waals surface area (Å²) in [7, 11) is 1.62. The smallest absolute Gasteiger partial charge is 0.314 e. The van der Waals surface area contributed by atoms with Gasteiger partial charge in [-0.15, -0.1) is 0 Å². The van der Waals surface area contributed by atoms with E-state index in [-0.39, 0.29) is 11.9 Å². The molecule has 1 aromatic carbocycles. The van der Waals surface area contributed by atoms with Gasteiger partial charge in [0.1, 0.15) is 18.3 Å². The number of carbonyl (C=O) groups excluding carboxylic acids is 2. The van der Waals surface area contributed by atoms with Crippen molar-refractivity contribution in [2.45, 2.75) is 45.8 Å². The first-order chi connectivity index (χ1) is 22.6. The highest BCUT2D eigenvalue weighted by Crippen LogP contribution is 2.34. The molecule has 1 unspecified atom stereocenters. The number of nitrogens with one attached hydrogen (secondary N) is 3. The van der Waals surface area contributed by atoms with Gasteiger partial charge in [-0.1, -0.05) is 23.2 Å². The molecule has 0 spiro atoms. The number of pyridine rings is 1. The number of ether oxygens (including phenoxy) is 1. The number of piperidine rings is 1. The van der Waals surface area contributed by atoms with E-state index >= 15 is 4.39 Å². The number of amides is 2. The second-order valence-corrected chi connectivity index (χ2v) is 13.3. The average Bonchev–Trinajstić information content (AvgIpc) is 3.07. The van der Waals surface area contributed by atoms with Gasteiger partial charge in [0.05, 0.1) is 5.69 Å². The summed E-state index contributed by atoms with van der Waals surface area (Å²) in [5.41, 5.74) is 3.75. The van der Waals surface area contributed by atoms with E-state index in [4.69, 9.17) is 32.9 Å². The van der Waals surface area contributed by atoms with Crippen LogP contribution >= 0.6 is 23.2 Å². The molecule has 254 valence electrons. The molecule has 1 aromatic heterocycles. The number of aldehydes is 1. The summed E-state index contributed by atoms with van der Waals surface area (Å²) in [5, 5.41) is 9.74. The molecule has 0 saturated carbocycles. The van der Waals surface area contributed by atoms with Gasteiger partial charge in [-0.3, -0.25) is 9.80 Å². The van der Waals surface area contributed by atoms with Crippen molar-refractivity contribution in [1.29, 1.82) is 0 Å². The molecule has 0 bridgehead atoms. The lowest BCUT2D eigenvalue weighted by molar-refractivity contribution is -0.108. The minimum absolute atomic E-state index is 0.157. The molecule has 13 heteroatoms. The number of urea groups is 1. The Hall–Kier alpha value is -3.22. The third-order valence-electron chi connectivity index (χ3n) is 9.26. The maximum absolute atomic E-state index is 15.9. The molecule has 0 radical (unpaired) electrons. The van der Waals surface area contributed by atoms with Crippen LogP contribution in [0.5, 0.6) is 5.88 Å². The molecule has 3 aliphatic heterocycles. The van der Waals surface area contributed by atoms with Gasteiger partial charge in [-0.05, 0) is 75.5 Å². The standard InChI is InChI=1S/C34H44Cl2FN7O3/c1-22-26(21-43-8-5-24(6-9-43)19-40-34(46)38-3)17-29(25-15-27(35)18-28(36)16-25)41-33(22)47-30-20-39-32(31(37)23(30)2)44-12-10-42(11-13-44)7-4-14-45/h14-18,20,24,32,39H,4-13,19,21H2,1-3H3,(H2,38,40,46). The number of aromatic nitrogens is 1. The van der Waals surface area contributed by atoms with Gasteiger partial charge < -0.3 is 30.4 Å². The van der Waals surface area contributed by atoms with Crippen molar-refractivity contribution >= 4 is 35.5 Å². The van der Waals surface area contributed by atoms with Gasteiger partial charge in [0.2, 0.25) is 5.88 Å². The van der Waals surface area contributed by atoms with Crippen LogP contribution in [0.2, 0.25) is 10.0 Å². The summed E-state index contributed by atoms with van der Waals surface area (Å²) < 4.78 is 22.3. The van der Waals surface area contributed by atoms with Crippen LogP contribution in [0, 0.1) is 12.8 Å². The average molecular weight is 689 g/mol. The van der Waals surface area contributed by atoms with Crippen molar-refractivity contribution in [2.24, 2.45) is 5.92 Å². The van der Waals surface area contributed by atoms with Crippen LogP contribution in [0.3, 0.4) is 0 Å². The maximum atomic E-state index is 15.9. The zero-order chi connectivity index (χ0) is 33.5. The molecule has 2 amide bonds. The predicted octanol–water partition coefficient (Wildman–Crippen LogP) is 5.10. The normalized spacial score (nSPS) is 20.0. The number of hydrogen-bond acceptors (Lipinski definition) is 8. The summed E-state index contributed by atoms with van der Waals surface area (Å²) in [5.74, 6) is 0.903.